The summed E-state index contributed by atoms with van der Waals surface area (Å²) in [5.41, 5.74) is 4.70. The average molecular weight is 330 g/mol. The number of methoxy groups -OCH3 is 1. The third-order valence-electron chi connectivity index (χ3n) is 3.85. The number of hydrogen-bond acceptors (Lipinski definition) is 3. The molecular weight excluding hydrogens is 313 g/mol. The summed E-state index contributed by atoms with van der Waals surface area (Å²) < 4.78 is 43.2. The van der Waals surface area contributed by atoms with Gasteiger partial charge in [0.05, 0.1) is 18.1 Å². The summed E-state index contributed by atoms with van der Waals surface area (Å²) in [6, 6.07) is 3.77. The predicted molar refractivity (Wildman–Crippen MR) is 75.3 cm³/mol. The number of nitrogens with two attached hydrogens (primary N) is 1. The van der Waals surface area contributed by atoms with Gasteiger partial charge in [-0.25, -0.2) is 0 Å². The maximum Gasteiger partial charge on any atom is 0.416 e. The quantitative estimate of drug-likeness (QED) is 0.906. The highest BCUT2D eigenvalue weighted by Gasteiger charge is 2.38. The molecule has 2 amide bonds. The summed E-state index contributed by atoms with van der Waals surface area (Å²) in [5.74, 6) is -1.10. The first-order valence-corrected chi connectivity index (χ1v) is 7.00. The Bertz CT molecular complexity index is 604. The topological polar surface area (TPSA) is 72.6 Å². The molecule has 0 bridgehead atoms. The Labute approximate surface area is 131 Å². The summed E-state index contributed by atoms with van der Waals surface area (Å²) in [6.07, 6.45) is -4.72. The van der Waals surface area contributed by atoms with Crippen molar-refractivity contribution in [2.45, 2.75) is 31.2 Å². The summed E-state index contributed by atoms with van der Waals surface area (Å²) in [7, 11) is 1.46. The van der Waals surface area contributed by atoms with E-state index in [0.29, 0.717) is 6.42 Å². The van der Waals surface area contributed by atoms with Crippen molar-refractivity contribution < 1.29 is 27.5 Å². The van der Waals surface area contributed by atoms with Crippen molar-refractivity contribution in [3.63, 3.8) is 0 Å². The summed E-state index contributed by atoms with van der Waals surface area (Å²) in [5, 5.41) is 0. The van der Waals surface area contributed by atoms with Crippen LogP contribution in [0.1, 0.15) is 17.5 Å². The van der Waals surface area contributed by atoms with Crippen LogP contribution in [0.5, 0.6) is 0 Å². The molecule has 1 fully saturated rings. The molecule has 1 aromatic rings. The SMILES string of the molecule is CO[C@H]1C[C@@H](C(N)=O)N(C(=O)Cc2cccc(C(F)(F)F)c2)C1. The molecule has 1 heterocycles. The van der Waals surface area contributed by atoms with Crippen LogP contribution in [0.15, 0.2) is 24.3 Å². The van der Waals surface area contributed by atoms with Gasteiger partial charge in [0, 0.05) is 20.1 Å². The van der Waals surface area contributed by atoms with Crippen LogP contribution >= 0.6 is 0 Å². The normalized spacial score (nSPS) is 21.5. The Kier molecular flexibility index (Phi) is 4.93. The molecule has 0 aliphatic carbocycles. The Morgan fingerprint density at radius 1 is 1.39 bits per heavy atom. The van der Waals surface area contributed by atoms with Crippen LogP contribution in [-0.2, 0) is 26.9 Å². The van der Waals surface area contributed by atoms with Crippen molar-refractivity contribution in [1.29, 1.82) is 0 Å². The van der Waals surface area contributed by atoms with E-state index in [4.69, 9.17) is 10.5 Å². The van der Waals surface area contributed by atoms with Gasteiger partial charge in [0.15, 0.2) is 0 Å². The molecule has 1 saturated heterocycles. The minimum Gasteiger partial charge on any atom is -0.380 e. The van der Waals surface area contributed by atoms with Gasteiger partial charge in [0.25, 0.3) is 0 Å². The molecule has 2 rings (SSSR count). The highest BCUT2D eigenvalue weighted by Crippen LogP contribution is 2.30. The highest BCUT2D eigenvalue weighted by molar-refractivity contribution is 5.88. The number of alkyl halides is 3. The summed E-state index contributed by atoms with van der Waals surface area (Å²) in [4.78, 5) is 25.0. The third kappa shape index (κ3) is 4.01. The third-order valence-corrected chi connectivity index (χ3v) is 3.85. The van der Waals surface area contributed by atoms with Gasteiger partial charge in [0.1, 0.15) is 6.04 Å². The molecular formula is C15H17F3N2O3. The largest absolute Gasteiger partial charge is 0.416 e. The van der Waals surface area contributed by atoms with Crippen LogP contribution in [0.2, 0.25) is 0 Å². The van der Waals surface area contributed by atoms with Gasteiger partial charge in [-0.1, -0.05) is 18.2 Å². The number of ether oxygens (including phenoxy) is 1. The zero-order valence-corrected chi connectivity index (χ0v) is 12.5. The van der Waals surface area contributed by atoms with E-state index in [-0.39, 0.29) is 24.6 Å². The van der Waals surface area contributed by atoms with Gasteiger partial charge >= 0.3 is 6.18 Å². The number of likely N-dealkylation sites (tertiary alicyclic amines) is 1. The monoisotopic (exact) mass is 330 g/mol. The minimum atomic E-state index is -4.47. The van der Waals surface area contributed by atoms with E-state index >= 15 is 0 Å². The van der Waals surface area contributed by atoms with Gasteiger partial charge in [-0.15, -0.1) is 0 Å². The molecule has 0 saturated carbocycles. The number of nitrogens with zero attached hydrogens (tertiary/aromatic N) is 1. The number of carbonyl (C=O) groups is 2. The molecule has 0 unspecified atom stereocenters. The molecule has 1 aromatic carbocycles. The summed E-state index contributed by atoms with van der Waals surface area (Å²) in [6.45, 7) is 0.196. The number of amides is 2. The Balaban J connectivity index is 2.14. The first-order valence-electron chi connectivity index (χ1n) is 7.00. The van der Waals surface area contributed by atoms with Gasteiger partial charge in [-0.05, 0) is 11.6 Å². The maximum atomic E-state index is 12.7. The zero-order chi connectivity index (χ0) is 17.2. The van der Waals surface area contributed by atoms with E-state index in [1.165, 1.54) is 24.1 Å². The van der Waals surface area contributed by atoms with Crippen LogP contribution in [0.3, 0.4) is 0 Å². The van der Waals surface area contributed by atoms with Crippen LogP contribution in [0, 0.1) is 0 Å². The first kappa shape index (κ1) is 17.3. The molecule has 1 aliphatic heterocycles. The fourth-order valence-corrected chi connectivity index (χ4v) is 2.65. The van der Waals surface area contributed by atoms with Crippen LogP contribution < -0.4 is 5.73 Å². The fraction of sp³-hybridized carbons (Fsp3) is 0.467. The van der Waals surface area contributed by atoms with E-state index in [1.807, 2.05) is 0 Å². The van der Waals surface area contributed by atoms with E-state index in [0.717, 1.165) is 12.1 Å². The lowest BCUT2D eigenvalue weighted by molar-refractivity contribution is -0.138. The Morgan fingerprint density at radius 3 is 2.65 bits per heavy atom. The molecule has 8 heteroatoms. The van der Waals surface area contributed by atoms with Crippen molar-refractivity contribution in [2.24, 2.45) is 5.73 Å². The lowest BCUT2D eigenvalue weighted by Crippen LogP contribution is -2.44. The van der Waals surface area contributed by atoms with E-state index in [2.05, 4.69) is 0 Å². The van der Waals surface area contributed by atoms with Gasteiger partial charge < -0.3 is 15.4 Å². The van der Waals surface area contributed by atoms with Crippen LogP contribution in [0.25, 0.3) is 0 Å². The molecule has 0 aromatic heterocycles. The molecule has 2 atom stereocenters. The zero-order valence-electron chi connectivity index (χ0n) is 12.5. The number of rotatable bonds is 4. The predicted octanol–water partition coefficient (Wildman–Crippen LogP) is 1.35. The van der Waals surface area contributed by atoms with Crippen LogP contribution in [0.4, 0.5) is 13.2 Å². The molecule has 0 radical (unpaired) electrons. The molecule has 126 valence electrons. The maximum absolute atomic E-state index is 12.7. The van der Waals surface area contributed by atoms with Crippen molar-refractivity contribution in [2.75, 3.05) is 13.7 Å². The number of benzene rings is 1. The first-order chi connectivity index (χ1) is 10.7. The Hall–Kier alpha value is -2.09. The fourth-order valence-electron chi connectivity index (χ4n) is 2.65. The van der Waals surface area contributed by atoms with Crippen molar-refractivity contribution >= 4 is 11.8 Å². The number of primary amides is 1. The van der Waals surface area contributed by atoms with Crippen LogP contribution in [-0.4, -0.2) is 42.5 Å². The smallest absolute Gasteiger partial charge is 0.380 e. The van der Waals surface area contributed by atoms with Gasteiger partial charge in [-0.3, -0.25) is 9.59 Å². The molecule has 5 nitrogen and oxygen atoms in total. The second kappa shape index (κ2) is 6.57. The molecule has 23 heavy (non-hydrogen) atoms. The Morgan fingerprint density at radius 2 is 2.09 bits per heavy atom. The highest BCUT2D eigenvalue weighted by atomic mass is 19.4. The lowest BCUT2D eigenvalue weighted by Gasteiger charge is -2.22. The second-order valence-corrected chi connectivity index (χ2v) is 5.43. The average Bonchev–Trinajstić information content (AvgIpc) is 2.91. The number of carbonyl (C=O) groups excluding carboxylic acids is 2. The molecule has 1 aliphatic rings. The molecule has 0 spiro atoms. The summed E-state index contributed by atoms with van der Waals surface area (Å²) >= 11 is 0. The second-order valence-electron chi connectivity index (χ2n) is 5.43. The van der Waals surface area contributed by atoms with Crippen molar-refractivity contribution in [3.05, 3.63) is 35.4 Å². The van der Waals surface area contributed by atoms with E-state index in [1.54, 1.807) is 0 Å². The van der Waals surface area contributed by atoms with E-state index in [9.17, 15) is 22.8 Å². The van der Waals surface area contributed by atoms with Crippen molar-refractivity contribution in [3.8, 4) is 0 Å². The van der Waals surface area contributed by atoms with E-state index < -0.39 is 29.6 Å². The standard InChI is InChI=1S/C15H17F3N2O3/c1-23-11-7-12(14(19)22)20(8-11)13(21)6-9-3-2-4-10(5-9)15(16,17)18/h2-5,11-12H,6-8H2,1H3,(H2,19,22)/t11-,12-/m0/s1. The van der Waals surface area contributed by atoms with Crippen molar-refractivity contribution in [1.82, 2.24) is 4.90 Å². The van der Waals surface area contributed by atoms with Gasteiger partial charge in [0.2, 0.25) is 11.8 Å². The number of halogens is 3. The minimum absolute atomic E-state index is 0.196. The van der Waals surface area contributed by atoms with Gasteiger partial charge in [-0.2, -0.15) is 13.2 Å². The molecule has 2 N–H and O–H groups in total. The lowest BCUT2D eigenvalue weighted by atomic mass is 10.1. The number of hydrogen-bond donors (Lipinski definition) is 1.